The maximum absolute atomic E-state index is 12.6. The van der Waals surface area contributed by atoms with E-state index in [9.17, 15) is 18.0 Å². The first kappa shape index (κ1) is 18.3. The predicted octanol–water partition coefficient (Wildman–Crippen LogP) is 3.87. The quantitative estimate of drug-likeness (QED) is 0.847. The average molecular weight is 364 g/mol. The highest BCUT2D eigenvalue weighted by molar-refractivity contribution is 5.81. The molecule has 0 bridgehead atoms. The number of alkyl halides is 3. The lowest BCUT2D eigenvalue weighted by atomic mass is 10.2. The topological polar surface area (TPSA) is 50.4 Å². The molecule has 4 nitrogen and oxygen atoms in total. The summed E-state index contributed by atoms with van der Waals surface area (Å²) in [5.74, 6) is 0.779. The molecule has 1 saturated heterocycles. The van der Waals surface area contributed by atoms with Gasteiger partial charge in [0.2, 0.25) is 5.91 Å². The lowest BCUT2D eigenvalue weighted by Gasteiger charge is -2.12. The van der Waals surface area contributed by atoms with Gasteiger partial charge in [-0.05, 0) is 61.3 Å². The summed E-state index contributed by atoms with van der Waals surface area (Å²) in [6.07, 6.45) is -2.54. The van der Waals surface area contributed by atoms with Crippen LogP contribution >= 0.6 is 0 Å². The molecule has 1 amide bonds. The molecule has 1 atom stereocenters. The minimum Gasteiger partial charge on any atom is -0.457 e. The van der Waals surface area contributed by atoms with Gasteiger partial charge in [-0.25, -0.2) is 0 Å². The fraction of sp³-hybridized carbons (Fsp3) is 0.316. The fourth-order valence-electron chi connectivity index (χ4n) is 2.79. The Kier molecular flexibility index (Phi) is 5.46. The Balaban J connectivity index is 1.59. The first-order valence-electron chi connectivity index (χ1n) is 8.37. The van der Waals surface area contributed by atoms with Crippen molar-refractivity contribution in [3.05, 3.63) is 59.7 Å². The summed E-state index contributed by atoms with van der Waals surface area (Å²) in [6.45, 7) is 1.22. The van der Waals surface area contributed by atoms with Crippen molar-refractivity contribution in [3.63, 3.8) is 0 Å². The molecule has 2 aromatic carbocycles. The maximum atomic E-state index is 12.6. The van der Waals surface area contributed by atoms with Gasteiger partial charge in [0.05, 0.1) is 11.6 Å². The number of rotatable bonds is 5. The molecular formula is C19H19F3N2O2. The second-order valence-corrected chi connectivity index (χ2v) is 6.14. The monoisotopic (exact) mass is 364 g/mol. The zero-order valence-corrected chi connectivity index (χ0v) is 14.0. The van der Waals surface area contributed by atoms with E-state index >= 15 is 0 Å². The smallest absolute Gasteiger partial charge is 0.416 e. The van der Waals surface area contributed by atoms with Crippen LogP contribution in [0.5, 0.6) is 11.5 Å². The van der Waals surface area contributed by atoms with Crippen molar-refractivity contribution in [1.82, 2.24) is 10.6 Å². The number of amides is 1. The van der Waals surface area contributed by atoms with Gasteiger partial charge in [-0.3, -0.25) is 4.79 Å². The lowest BCUT2D eigenvalue weighted by Crippen LogP contribution is -2.39. The summed E-state index contributed by atoms with van der Waals surface area (Å²) in [7, 11) is 0. The van der Waals surface area contributed by atoms with Crippen LogP contribution in [0.2, 0.25) is 0 Å². The van der Waals surface area contributed by atoms with E-state index in [1.807, 2.05) is 6.07 Å². The van der Waals surface area contributed by atoms with Gasteiger partial charge < -0.3 is 15.4 Å². The van der Waals surface area contributed by atoms with Gasteiger partial charge in [0.1, 0.15) is 11.5 Å². The third-order valence-electron chi connectivity index (χ3n) is 4.16. The van der Waals surface area contributed by atoms with Crippen LogP contribution in [0.25, 0.3) is 0 Å². The summed E-state index contributed by atoms with van der Waals surface area (Å²) in [5, 5.41) is 6.01. The molecule has 1 fully saturated rings. The van der Waals surface area contributed by atoms with E-state index in [0.717, 1.165) is 37.1 Å². The predicted molar refractivity (Wildman–Crippen MR) is 90.8 cm³/mol. The first-order chi connectivity index (χ1) is 12.4. The van der Waals surface area contributed by atoms with E-state index in [-0.39, 0.29) is 11.9 Å². The van der Waals surface area contributed by atoms with E-state index in [4.69, 9.17) is 4.74 Å². The minimum atomic E-state index is -4.37. The average Bonchev–Trinajstić information content (AvgIpc) is 3.14. The maximum Gasteiger partial charge on any atom is 0.416 e. The van der Waals surface area contributed by atoms with Gasteiger partial charge in [0.15, 0.2) is 0 Å². The van der Waals surface area contributed by atoms with Gasteiger partial charge in [0.25, 0.3) is 0 Å². The number of halogens is 3. The van der Waals surface area contributed by atoms with Gasteiger partial charge in [0, 0.05) is 6.54 Å². The number of ether oxygens (including phenoxy) is 1. The summed E-state index contributed by atoms with van der Waals surface area (Å²) < 4.78 is 43.3. The van der Waals surface area contributed by atoms with Crippen molar-refractivity contribution in [2.45, 2.75) is 31.6 Å². The van der Waals surface area contributed by atoms with Crippen LogP contribution in [0.1, 0.15) is 24.0 Å². The molecule has 3 rings (SSSR count). The second kappa shape index (κ2) is 7.78. The molecule has 0 aromatic heterocycles. The Morgan fingerprint density at radius 3 is 2.58 bits per heavy atom. The molecule has 1 aliphatic rings. The Labute approximate surface area is 149 Å². The Morgan fingerprint density at radius 1 is 1.15 bits per heavy atom. The summed E-state index contributed by atoms with van der Waals surface area (Å²) in [5.41, 5.74) is 0.127. The van der Waals surface area contributed by atoms with Crippen LogP contribution in [-0.4, -0.2) is 18.5 Å². The number of hydrogen-bond acceptors (Lipinski definition) is 3. The van der Waals surface area contributed by atoms with Crippen molar-refractivity contribution < 1.29 is 22.7 Å². The highest BCUT2D eigenvalue weighted by Crippen LogP contribution is 2.31. The number of benzene rings is 2. The molecule has 2 aromatic rings. The molecule has 7 heteroatoms. The van der Waals surface area contributed by atoms with Crippen molar-refractivity contribution in [1.29, 1.82) is 0 Å². The SMILES string of the molecule is O=C(NCc1cccc(Oc2ccc(C(F)(F)F)cc2)c1)[C@@H]1CCCN1. The number of carbonyl (C=O) groups excluding carboxylic acids is 1. The Bertz CT molecular complexity index is 754. The van der Waals surface area contributed by atoms with Crippen LogP contribution < -0.4 is 15.4 Å². The molecule has 1 heterocycles. The van der Waals surface area contributed by atoms with Gasteiger partial charge in [-0.15, -0.1) is 0 Å². The van der Waals surface area contributed by atoms with Crippen LogP contribution in [0.3, 0.4) is 0 Å². The van der Waals surface area contributed by atoms with Crippen LogP contribution in [0, 0.1) is 0 Å². The molecule has 0 spiro atoms. The van der Waals surface area contributed by atoms with Crippen molar-refractivity contribution in [2.75, 3.05) is 6.54 Å². The number of hydrogen-bond donors (Lipinski definition) is 2. The van der Waals surface area contributed by atoms with E-state index in [2.05, 4.69) is 10.6 Å². The molecule has 0 unspecified atom stereocenters. The Hall–Kier alpha value is -2.54. The van der Waals surface area contributed by atoms with Gasteiger partial charge in [-0.1, -0.05) is 12.1 Å². The normalized spacial score (nSPS) is 17.1. The van der Waals surface area contributed by atoms with Crippen molar-refractivity contribution >= 4 is 5.91 Å². The number of nitrogens with one attached hydrogen (secondary N) is 2. The molecule has 26 heavy (non-hydrogen) atoms. The molecule has 2 N–H and O–H groups in total. The van der Waals surface area contributed by atoms with Gasteiger partial charge in [-0.2, -0.15) is 13.2 Å². The van der Waals surface area contributed by atoms with E-state index in [1.54, 1.807) is 18.2 Å². The van der Waals surface area contributed by atoms with E-state index < -0.39 is 11.7 Å². The summed E-state index contributed by atoms with van der Waals surface area (Å²) in [6, 6.07) is 11.5. The van der Waals surface area contributed by atoms with Crippen LogP contribution in [0.4, 0.5) is 13.2 Å². The zero-order chi connectivity index (χ0) is 18.6. The third-order valence-corrected chi connectivity index (χ3v) is 4.16. The van der Waals surface area contributed by atoms with Gasteiger partial charge >= 0.3 is 6.18 Å². The summed E-state index contributed by atoms with van der Waals surface area (Å²) >= 11 is 0. The fourth-order valence-corrected chi connectivity index (χ4v) is 2.79. The molecule has 1 aliphatic heterocycles. The molecule has 0 aliphatic carbocycles. The second-order valence-electron chi connectivity index (χ2n) is 6.14. The van der Waals surface area contributed by atoms with E-state index in [0.29, 0.717) is 18.0 Å². The van der Waals surface area contributed by atoms with E-state index in [1.165, 1.54) is 12.1 Å². The Morgan fingerprint density at radius 2 is 1.92 bits per heavy atom. The van der Waals surface area contributed by atoms with Crippen LogP contribution in [-0.2, 0) is 17.5 Å². The largest absolute Gasteiger partial charge is 0.457 e. The molecular weight excluding hydrogens is 345 g/mol. The van der Waals surface area contributed by atoms with Crippen LogP contribution in [0.15, 0.2) is 48.5 Å². The summed E-state index contributed by atoms with van der Waals surface area (Å²) in [4.78, 5) is 12.0. The zero-order valence-electron chi connectivity index (χ0n) is 14.0. The highest BCUT2D eigenvalue weighted by Gasteiger charge is 2.30. The van der Waals surface area contributed by atoms with Crippen molar-refractivity contribution in [2.24, 2.45) is 0 Å². The van der Waals surface area contributed by atoms with Crippen molar-refractivity contribution in [3.8, 4) is 11.5 Å². The molecule has 0 saturated carbocycles. The highest BCUT2D eigenvalue weighted by atomic mass is 19.4. The first-order valence-corrected chi connectivity index (χ1v) is 8.37. The number of carbonyl (C=O) groups is 1. The lowest BCUT2D eigenvalue weighted by molar-refractivity contribution is -0.137. The molecule has 0 radical (unpaired) electrons. The third kappa shape index (κ3) is 4.76. The standard InChI is InChI=1S/C19H19F3N2O2/c20-19(21,22)14-6-8-15(9-7-14)26-16-4-1-3-13(11-16)12-24-18(25)17-5-2-10-23-17/h1,3-4,6-9,11,17,23H,2,5,10,12H2,(H,24,25)/t17-/m0/s1. The molecule has 138 valence electrons. The minimum absolute atomic E-state index is 0.0310.